The third-order valence-corrected chi connectivity index (χ3v) is 4.36. The normalized spacial score (nSPS) is 13.7. The van der Waals surface area contributed by atoms with Crippen LogP contribution in [0.1, 0.15) is 24.1 Å². The van der Waals surface area contributed by atoms with E-state index in [1.165, 1.54) is 0 Å². The molecular weight excluding hydrogens is 337 g/mol. The molecule has 0 radical (unpaired) electrons. The zero-order valence-corrected chi connectivity index (χ0v) is 13.9. The zero-order valence-electron chi connectivity index (χ0n) is 12.4. The summed E-state index contributed by atoms with van der Waals surface area (Å²) in [4.78, 5) is 12.2. The zero-order chi connectivity index (χ0) is 16.4. The lowest BCUT2D eigenvalue weighted by atomic mass is 10.1. The Morgan fingerprint density at radius 1 is 1.13 bits per heavy atom. The molecule has 1 atom stereocenters. The molecule has 0 bridgehead atoms. The van der Waals surface area contributed by atoms with Crippen LogP contribution in [0, 0.1) is 0 Å². The van der Waals surface area contributed by atoms with E-state index in [1.54, 1.807) is 18.2 Å². The molecule has 2 aromatic carbocycles. The molecular formula is C17H15Cl2NO3. The highest BCUT2D eigenvalue weighted by atomic mass is 35.5. The van der Waals surface area contributed by atoms with Crippen LogP contribution in [0.2, 0.25) is 10.0 Å². The van der Waals surface area contributed by atoms with E-state index in [9.17, 15) is 4.79 Å². The molecule has 4 nitrogen and oxygen atoms in total. The maximum absolute atomic E-state index is 12.2. The first-order valence-corrected chi connectivity index (χ1v) is 7.91. The molecule has 1 aliphatic heterocycles. The van der Waals surface area contributed by atoms with Crippen LogP contribution in [0.25, 0.3) is 0 Å². The number of halogens is 2. The predicted octanol–water partition coefficient (Wildman–Crippen LogP) is 4.14. The first-order valence-electron chi connectivity index (χ1n) is 7.16. The number of amides is 1. The van der Waals surface area contributed by atoms with E-state index in [0.29, 0.717) is 15.8 Å². The molecule has 1 unspecified atom stereocenters. The molecule has 1 N–H and O–H groups in total. The molecule has 1 heterocycles. The van der Waals surface area contributed by atoms with Crippen LogP contribution in [0.5, 0.6) is 11.5 Å². The average molecular weight is 352 g/mol. The van der Waals surface area contributed by atoms with E-state index in [0.717, 1.165) is 16.9 Å². The number of benzene rings is 2. The van der Waals surface area contributed by atoms with Crippen LogP contribution in [-0.4, -0.2) is 12.7 Å². The number of ether oxygens (including phenoxy) is 2. The van der Waals surface area contributed by atoms with Gasteiger partial charge in [-0.15, -0.1) is 0 Å². The number of fused-ring (bicyclic) bond motifs is 1. The Kier molecular flexibility index (Phi) is 4.64. The number of hydrogen-bond donors (Lipinski definition) is 1. The number of rotatable bonds is 4. The minimum absolute atomic E-state index is 0.0893. The monoisotopic (exact) mass is 351 g/mol. The van der Waals surface area contributed by atoms with Crippen LogP contribution in [0.3, 0.4) is 0 Å². The Morgan fingerprint density at radius 2 is 1.91 bits per heavy atom. The van der Waals surface area contributed by atoms with Crippen molar-refractivity contribution < 1.29 is 14.3 Å². The highest BCUT2D eigenvalue weighted by Gasteiger charge is 2.17. The summed E-state index contributed by atoms with van der Waals surface area (Å²) < 4.78 is 10.6. The third-order valence-electron chi connectivity index (χ3n) is 3.62. The van der Waals surface area contributed by atoms with Gasteiger partial charge >= 0.3 is 0 Å². The Morgan fingerprint density at radius 3 is 2.70 bits per heavy atom. The van der Waals surface area contributed by atoms with Crippen molar-refractivity contribution in [3.63, 3.8) is 0 Å². The molecule has 0 fully saturated rings. The minimum Gasteiger partial charge on any atom is -0.454 e. The Labute approximate surface area is 144 Å². The van der Waals surface area contributed by atoms with Crippen molar-refractivity contribution in [1.82, 2.24) is 5.32 Å². The topological polar surface area (TPSA) is 47.6 Å². The van der Waals surface area contributed by atoms with Crippen molar-refractivity contribution >= 4 is 29.1 Å². The molecule has 0 saturated carbocycles. The molecule has 120 valence electrons. The predicted molar refractivity (Wildman–Crippen MR) is 89.3 cm³/mol. The van der Waals surface area contributed by atoms with Gasteiger partial charge in [0.1, 0.15) is 0 Å². The molecule has 23 heavy (non-hydrogen) atoms. The van der Waals surface area contributed by atoms with E-state index in [4.69, 9.17) is 32.7 Å². The van der Waals surface area contributed by atoms with Crippen molar-refractivity contribution in [2.24, 2.45) is 0 Å². The van der Waals surface area contributed by atoms with Crippen LogP contribution in [0.4, 0.5) is 0 Å². The molecule has 2 aromatic rings. The van der Waals surface area contributed by atoms with E-state index in [-0.39, 0.29) is 25.2 Å². The molecule has 3 rings (SSSR count). The Hall–Kier alpha value is -1.91. The van der Waals surface area contributed by atoms with Crippen LogP contribution in [0.15, 0.2) is 36.4 Å². The van der Waals surface area contributed by atoms with Gasteiger partial charge in [-0.1, -0.05) is 35.3 Å². The van der Waals surface area contributed by atoms with Gasteiger partial charge in [-0.05, 0) is 42.3 Å². The largest absolute Gasteiger partial charge is 0.454 e. The second-order valence-electron chi connectivity index (χ2n) is 5.33. The average Bonchev–Trinajstić information content (AvgIpc) is 2.98. The standard InChI is InChI=1S/C17H15Cl2NO3/c1-10(12-3-5-15-16(8-12)23-9-22-15)20-17(21)7-11-2-4-13(18)14(19)6-11/h2-6,8,10H,7,9H2,1H3,(H,20,21). The quantitative estimate of drug-likeness (QED) is 0.900. The smallest absolute Gasteiger partial charge is 0.231 e. The van der Waals surface area contributed by atoms with Crippen LogP contribution < -0.4 is 14.8 Å². The first kappa shape index (κ1) is 16.0. The van der Waals surface area contributed by atoms with E-state index in [1.807, 2.05) is 25.1 Å². The van der Waals surface area contributed by atoms with Crippen molar-refractivity contribution in [2.45, 2.75) is 19.4 Å². The fourth-order valence-corrected chi connectivity index (χ4v) is 2.71. The second kappa shape index (κ2) is 6.69. The number of nitrogens with one attached hydrogen (secondary N) is 1. The fourth-order valence-electron chi connectivity index (χ4n) is 2.39. The van der Waals surface area contributed by atoms with Crippen LogP contribution in [-0.2, 0) is 11.2 Å². The summed E-state index contributed by atoms with van der Waals surface area (Å²) in [5.41, 5.74) is 1.77. The summed E-state index contributed by atoms with van der Waals surface area (Å²) in [6.45, 7) is 2.15. The highest BCUT2D eigenvalue weighted by Crippen LogP contribution is 2.34. The van der Waals surface area contributed by atoms with Crippen molar-refractivity contribution in [1.29, 1.82) is 0 Å². The Balaban J connectivity index is 1.64. The molecule has 1 amide bonds. The molecule has 6 heteroatoms. The van der Waals surface area contributed by atoms with Gasteiger partial charge in [0.2, 0.25) is 12.7 Å². The van der Waals surface area contributed by atoms with Gasteiger partial charge in [0.15, 0.2) is 11.5 Å². The van der Waals surface area contributed by atoms with Crippen molar-refractivity contribution in [3.05, 3.63) is 57.6 Å². The summed E-state index contributed by atoms with van der Waals surface area (Å²) in [7, 11) is 0. The lowest BCUT2D eigenvalue weighted by Gasteiger charge is -2.15. The van der Waals surface area contributed by atoms with Gasteiger partial charge in [0.05, 0.1) is 22.5 Å². The molecule has 0 aromatic heterocycles. The molecule has 0 aliphatic carbocycles. The summed E-state index contributed by atoms with van der Waals surface area (Å²) in [5, 5.41) is 3.88. The van der Waals surface area contributed by atoms with Crippen molar-refractivity contribution in [2.75, 3.05) is 6.79 Å². The summed E-state index contributed by atoms with van der Waals surface area (Å²) >= 11 is 11.8. The van der Waals surface area contributed by atoms with E-state index < -0.39 is 0 Å². The van der Waals surface area contributed by atoms with E-state index in [2.05, 4.69) is 5.32 Å². The lowest BCUT2D eigenvalue weighted by molar-refractivity contribution is -0.121. The SMILES string of the molecule is CC(NC(=O)Cc1ccc(Cl)c(Cl)c1)c1ccc2c(c1)OCO2. The van der Waals surface area contributed by atoms with Gasteiger partial charge in [-0.25, -0.2) is 0 Å². The molecule has 0 saturated heterocycles. The van der Waals surface area contributed by atoms with Crippen molar-refractivity contribution in [3.8, 4) is 11.5 Å². The first-order chi connectivity index (χ1) is 11.0. The maximum atomic E-state index is 12.2. The second-order valence-corrected chi connectivity index (χ2v) is 6.14. The van der Waals surface area contributed by atoms with Gasteiger partial charge in [-0.3, -0.25) is 4.79 Å². The van der Waals surface area contributed by atoms with Gasteiger partial charge in [0, 0.05) is 0 Å². The lowest BCUT2D eigenvalue weighted by Crippen LogP contribution is -2.28. The number of carbonyl (C=O) groups is 1. The summed E-state index contributed by atoms with van der Waals surface area (Å²) in [6.07, 6.45) is 0.242. The van der Waals surface area contributed by atoms with Gasteiger partial charge < -0.3 is 14.8 Å². The molecule has 0 spiro atoms. The molecule has 1 aliphatic rings. The number of hydrogen-bond acceptors (Lipinski definition) is 3. The highest BCUT2D eigenvalue weighted by molar-refractivity contribution is 6.42. The number of carbonyl (C=O) groups excluding carboxylic acids is 1. The van der Waals surface area contributed by atoms with Gasteiger partial charge in [-0.2, -0.15) is 0 Å². The summed E-state index contributed by atoms with van der Waals surface area (Å²) in [6, 6.07) is 10.7. The van der Waals surface area contributed by atoms with Crippen LogP contribution >= 0.6 is 23.2 Å². The minimum atomic E-state index is -0.139. The fraction of sp³-hybridized carbons (Fsp3) is 0.235. The maximum Gasteiger partial charge on any atom is 0.231 e. The Bertz CT molecular complexity index is 749. The van der Waals surface area contributed by atoms with E-state index >= 15 is 0 Å². The third kappa shape index (κ3) is 3.71. The van der Waals surface area contributed by atoms with Gasteiger partial charge in [0.25, 0.3) is 0 Å². The summed E-state index contributed by atoms with van der Waals surface area (Å²) in [5.74, 6) is 1.34.